The normalized spacial score (nSPS) is 21.6. The molecule has 0 saturated carbocycles. The molecule has 120 valence electrons. The maximum absolute atomic E-state index is 6.33. The van der Waals surface area contributed by atoms with Crippen LogP contribution in [0.5, 0.6) is 0 Å². The summed E-state index contributed by atoms with van der Waals surface area (Å²) in [6.45, 7) is 5.29. The van der Waals surface area contributed by atoms with Crippen LogP contribution in [-0.4, -0.2) is 12.0 Å². The Hall–Kier alpha value is -1.18. The Morgan fingerprint density at radius 3 is 2.41 bits per heavy atom. The molecule has 1 aliphatic heterocycles. The zero-order chi connectivity index (χ0) is 15.1. The molecule has 1 unspecified atom stereocenters. The largest absolute Gasteiger partial charge is 0.502 e. The minimum Gasteiger partial charge on any atom is -0.502 e. The molecule has 1 atom stereocenters. The fourth-order valence-corrected chi connectivity index (χ4v) is 2.63. The van der Waals surface area contributed by atoms with E-state index in [1.165, 1.54) is 24.0 Å². The lowest BCUT2D eigenvalue weighted by molar-refractivity contribution is 0.231. The first-order valence-electron chi connectivity index (χ1n) is 7.47. The predicted octanol–water partition coefficient (Wildman–Crippen LogP) is 6.01. The fraction of sp³-hybridized carbons (Fsp3) is 0.368. The van der Waals surface area contributed by atoms with Gasteiger partial charge in [-0.05, 0) is 30.1 Å². The van der Waals surface area contributed by atoms with Crippen LogP contribution < -0.4 is 0 Å². The Bertz CT molecular complexity index is 522. The molecule has 2 aliphatic rings. The van der Waals surface area contributed by atoms with Crippen molar-refractivity contribution in [3.05, 3.63) is 66.5 Å². The summed E-state index contributed by atoms with van der Waals surface area (Å²) in [6.07, 6.45) is 12.5. The van der Waals surface area contributed by atoms with Crippen molar-refractivity contribution in [2.24, 2.45) is 5.41 Å². The Morgan fingerprint density at radius 2 is 1.91 bits per heavy atom. The Balaban J connectivity index is 0.000000293. The van der Waals surface area contributed by atoms with Crippen molar-refractivity contribution in [1.29, 1.82) is 0 Å². The summed E-state index contributed by atoms with van der Waals surface area (Å²) < 4.78 is 4.89. The van der Waals surface area contributed by atoms with Gasteiger partial charge in [0.05, 0.1) is 18.2 Å². The smallest absolute Gasteiger partial charge is 0.0876 e. The lowest BCUT2D eigenvalue weighted by Crippen LogP contribution is -2.26. The SMILES string of the molecule is C1=COCCC1.CC1(C)C(c2ccccc2)=CC=CC1Cl.Cl. The van der Waals surface area contributed by atoms with Crippen molar-refractivity contribution < 1.29 is 4.74 Å². The minimum atomic E-state index is -0.00232. The predicted molar refractivity (Wildman–Crippen MR) is 98.6 cm³/mol. The van der Waals surface area contributed by atoms with E-state index in [1.54, 1.807) is 6.26 Å². The van der Waals surface area contributed by atoms with Crippen molar-refractivity contribution in [2.75, 3.05) is 6.61 Å². The number of hydrogen-bond acceptors (Lipinski definition) is 1. The average molecular weight is 339 g/mol. The molecular formula is C19H24Cl2O. The van der Waals surface area contributed by atoms with E-state index in [9.17, 15) is 0 Å². The van der Waals surface area contributed by atoms with Gasteiger partial charge >= 0.3 is 0 Å². The Labute approximate surface area is 145 Å². The monoisotopic (exact) mass is 338 g/mol. The number of hydrogen-bond donors (Lipinski definition) is 0. The third-order valence-corrected chi connectivity index (χ3v) is 4.53. The highest BCUT2D eigenvalue weighted by Crippen LogP contribution is 2.42. The average Bonchev–Trinajstić information content (AvgIpc) is 2.53. The van der Waals surface area contributed by atoms with Crippen LogP contribution in [-0.2, 0) is 4.74 Å². The van der Waals surface area contributed by atoms with Gasteiger partial charge in [-0.2, -0.15) is 0 Å². The molecule has 0 fully saturated rings. The van der Waals surface area contributed by atoms with Crippen LogP contribution in [0.1, 0.15) is 32.3 Å². The van der Waals surface area contributed by atoms with Gasteiger partial charge in [0.15, 0.2) is 0 Å². The topological polar surface area (TPSA) is 9.23 Å². The van der Waals surface area contributed by atoms with Crippen LogP contribution in [0.3, 0.4) is 0 Å². The van der Waals surface area contributed by atoms with Crippen LogP contribution in [0.2, 0.25) is 0 Å². The number of rotatable bonds is 1. The van der Waals surface area contributed by atoms with Gasteiger partial charge in [-0.15, -0.1) is 24.0 Å². The highest BCUT2D eigenvalue weighted by molar-refractivity contribution is 6.23. The molecule has 1 aliphatic carbocycles. The van der Waals surface area contributed by atoms with Gasteiger partial charge in [-0.1, -0.05) is 62.4 Å². The van der Waals surface area contributed by atoms with Crippen LogP contribution in [0.25, 0.3) is 5.57 Å². The van der Waals surface area contributed by atoms with Crippen molar-refractivity contribution >= 4 is 29.6 Å². The molecule has 3 heteroatoms. The van der Waals surface area contributed by atoms with Gasteiger partial charge in [0.25, 0.3) is 0 Å². The highest BCUT2D eigenvalue weighted by atomic mass is 35.5. The highest BCUT2D eigenvalue weighted by Gasteiger charge is 2.32. The van der Waals surface area contributed by atoms with Gasteiger partial charge in [0, 0.05) is 5.41 Å². The van der Waals surface area contributed by atoms with E-state index >= 15 is 0 Å². The van der Waals surface area contributed by atoms with Gasteiger partial charge in [-0.3, -0.25) is 0 Å². The molecule has 1 nitrogen and oxygen atoms in total. The molecule has 0 radical (unpaired) electrons. The van der Waals surface area contributed by atoms with Crippen LogP contribution in [0, 0.1) is 5.41 Å². The molecule has 1 aromatic carbocycles. The Morgan fingerprint density at radius 1 is 1.18 bits per heavy atom. The summed E-state index contributed by atoms with van der Waals surface area (Å²) in [5.74, 6) is 0. The molecular weight excluding hydrogens is 315 g/mol. The summed E-state index contributed by atoms with van der Waals surface area (Å²) in [5, 5.41) is 0.0673. The number of halogens is 2. The Kier molecular flexibility index (Phi) is 7.78. The van der Waals surface area contributed by atoms with E-state index < -0.39 is 0 Å². The van der Waals surface area contributed by atoms with Gasteiger partial charge in [0.2, 0.25) is 0 Å². The van der Waals surface area contributed by atoms with Crippen molar-refractivity contribution in [3.63, 3.8) is 0 Å². The number of ether oxygens (including phenoxy) is 1. The first kappa shape index (κ1) is 18.9. The summed E-state index contributed by atoms with van der Waals surface area (Å²) in [7, 11) is 0. The van der Waals surface area contributed by atoms with Gasteiger partial charge in [0.1, 0.15) is 0 Å². The maximum Gasteiger partial charge on any atom is 0.0876 e. The number of benzene rings is 1. The molecule has 0 bridgehead atoms. The maximum atomic E-state index is 6.33. The van der Waals surface area contributed by atoms with E-state index in [0.29, 0.717) is 0 Å². The molecule has 22 heavy (non-hydrogen) atoms. The first-order valence-corrected chi connectivity index (χ1v) is 7.91. The second-order valence-electron chi connectivity index (χ2n) is 5.84. The lowest BCUT2D eigenvalue weighted by atomic mass is 9.75. The van der Waals surface area contributed by atoms with E-state index in [1.807, 2.05) is 24.3 Å². The van der Waals surface area contributed by atoms with E-state index in [4.69, 9.17) is 16.3 Å². The summed E-state index contributed by atoms with van der Waals surface area (Å²) in [6, 6.07) is 10.4. The quantitative estimate of drug-likeness (QED) is 0.570. The molecule has 0 N–H and O–H groups in total. The molecule has 0 spiro atoms. The third-order valence-electron chi connectivity index (χ3n) is 3.84. The first-order chi connectivity index (χ1) is 10.1. The number of allylic oxidation sites excluding steroid dienone is 5. The van der Waals surface area contributed by atoms with Crippen LogP contribution in [0.4, 0.5) is 0 Å². The van der Waals surface area contributed by atoms with Crippen molar-refractivity contribution in [2.45, 2.75) is 32.1 Å². The van der Waals surface area contributed by atoms with Gasteiger partial charge < -0.3 is 4.74 Å². The van der Waals surface area contributed by atoms with Crippen LogP contribution in [0.15, 0.2) is 60.9 Å². The van der Waals surface area contributed by atoms with Gasteiger partial charge in [-0.25, -0.2) is 0 Å². The van der Waals surface area contributed by atoms with Crippen molar-refractivity contribution in [3.8, 4) is 0 Å². The van der Waals surface area contributed by atoms with E-state index in [-0.39, 0.29) is 23.2 Å². The van der Waals surface area contributed by atoms with Crippen molar-refractivity contribution in [1.82, 2.24) is 0 Å². The summed E-state index contributed by atoms with van der Waals surface area (Å²) in [5.41, 5.74) is 2.57. The third kappa shape index (κ3) is 4.93. The van der Waals surface area contributed by atoms with E-state index in [2.05, 4.69) is 44.2 Å². The summed E-state index contributed by atoms with van der Waals surface area (Å²) >= 11 is 6.33. The molecule has 3 rings (SSSR count). The lowest BCUT2D eigenvalue weighted by Gasteiger charge is -2.33. The fourth-order valence-electron chi connectivity index (χ4n) is 2.43. The van der Waals surface area contributed by atoms with Crippen LogP contribution >= 0.6 is 24.0 Å². The molecule has 0 saturated heterocycles. The molecule has 1 heterocycles. The standard InChI is InChI=1S/C14H15Cl.C5H8O.ClH/c1-14(2)12(9-6-10-13(14)15)11-7-4-3-5-8-11;1-2-4-6-5-3-1;/h3-10,13H,1-2H3;2,4H,1,3,5H2;1H. The minimum absolute atomic E-state index is 0. The second-order valence-corrected chi connectivity index (χ2v) is 6.31. The zero-order valence-electron chi connectivity index (χ0n) is 13.2. The second kappa shape index (κ2) is 9.07. The van der Waals surface area contributed by atoms with E-state index in [0.717, 1.165) is 6.61 Å². The zero-order valence-corrected chi connectivity index (χ0v) is 14.7. The summed E-state index contributed by atoms with van der Waals surface area (Å²) in [4.78, 5) is 0. The molecule has 0 aromatic heterocycles. The number of alkyl halides is 1. The molecule has 1 aromatic rings. The molecule has 0 amide bonds.